The van der Waals surface area contributed by atoms with E-state index in [-0.39, 0.29) is 0 Å². The fourth-order valence-corrected chi connectivity index (χ4v) is 2.25. The summed E-state index contributed by atoms with van der Waals surface area (Å²) < 4.78 is 1.08. The summed E-state index contributed by atoms with van der Waals surface area (Å²) >= 11 is 5.06. The molecule has 2 nitrogen and oxygen atoms in total. The molecule has 1 N–H and O–H groups in total. The van der Waals surface area contributed by atoms with Crippen LogP contribution in [-0.4, -0.2) is 12.0 Å². The van der Waals surface area contributed by atoms with E-state index in [2.05, 4.69) is 38.4 Å². The molecule has 0 spiro atoms. The van der Waals surface area contributed by atoms with E-state index in [4.69, 9.17) is 0 Å². The van der Waals surface area contributed by atoms with Crippen molar-refractivity contribution in [1.29, 1.82) is 0 Å². The molecule has 0 fully saturated rings. The number of nitrogens with zero attached hydrogens (tertiary/aromatic N) is 1. The van der Waals surface area contributed by atoms with Gasteiger partial charge in [-0.05, 0) is 12.1 Å². The van der Waals surface area contributed by atoms with Crippen LogP contribution < -0.4 is 5.32 Å². The minimum atomic E-state index is 0.944. The summed E-state index contributed by atoms with van der Waals surface area (Å²) in [7, 11) is 1.88. The lowest BCUT2D eigenvalue weighted by molar-refractivity contribution is 1.36. The predicted molar refractivity (Wildman–Crippen MR) is 64.8 cm³/mol. The summed E-state index contributed by atoms with van der Waals surface area (Å²) in [5.74, 6) is 0. The smallest absolute Gasteiger partial charge is 0.182 e. The molecule has 4 heteroatoms. The molecule has 0 unspecified atom stereocenters. The largest absolute Gasteiger partial charge is 0.365 e. The van der Waals surface area contributed by atoms with Crippen LogP contribution in [0, 0.1) is 0 Å². The summed E-state index contributed by atoms with van der Waals surface area (Å²) in [5, 5.41) is 6.02. The number of hydrogen-bond donors (Lipinski definition) is 1. The fraction of sp³-hybridized carbons (Fsp3) is 0.100. The van der Waals surface area contributed by atoms with Gasteiger partial charge < -0.3 is 5.32 Å². The fourth-order valence-electron chi connectivity index (χ4n) is 1.17. The van der Waals surface area contributed by atoms with Crippen molar-refractivity contribution in [2.24, 2.45) is 0 Å². The second-order valence-corrected chi connectivity index (χ2v) is 4.57. The molecule has 0 saturated heterocycles. The molecule has 0 aliphatic heterocycles. The van der Waals surface area contributed by atoms with Crippen molar-refractivity contribution in [3.63, 3.8) is 0 Å². The summed E-state index contributed by atoms with van der Waals surface area (Å²) in [6.45, 7) is 0. The first kappa shape index (κ1) is 9.68. The second kappa shape index (κ2) is 4.11. The van der Waals surface area contributed by atoms with Crippen LogP contribution in [0.2, 0.25) is 0 Å². The Bertz CT molecular complexity index is 439. The van der Waals surface area contributed by atoms with Gasteiger partial charge in [-0.15, -0.1) is 11.3 Å². The highest BCUT2D eigenvalue weighted by molar-refractivity contribution is 9.10. The minimum absolute atomic E-state index is 0.944. The lowest BCUT2D eigenvalue weighted by Crippen LogP contribution is -1.85. The molecule has 1 aromatic carbocycles. The third-order valence-corrected chi connectivity index (χ3v) is 3.19. The van der Waals surface area contributed by atoms with E-state index in [0.29, 0.717) is 0 Å². The van der Waals surface area contributed by atoms with E-state index >= 15 is 0 Å². The van der Waals surface area contributed by atoms with Crippen LogP contribution in [0.1, 0.15) is 0 Å². The third-order valence-electron chi connectivity index (χ3n) is 1.84. The summed E-state index contributed by atoms with van der Waals surface area (Å²) in [6, 6.07) is 8.14. The summed E-state index contributed by atoms with van der Waals surface area (Å²) in [6.07, 6.45) is 0. The highest BCUT2D eigenvalue weighted by Gasteiger charge is 2.02. The maximum atomic E-state index is 4.43. The van der Waals surface area contributed by atoms with Gasteiger partial charge in [0.2, 0.25) is 0 Å². The van der Waals surface area contributed by atoms with Crippen molar-refractivity contribution in [2.75, 3.05) is 12.4 Å². The maximum Gasteiger partial charge on any atom is 0.182 e. The Kier molecular flexibility index (Phi) is 2.84. The van der Waals surface area contributed by atoms with Crippen LogP contribution in [0.4, 0.5) is 5.13 Å². The molecular formula is C10H9BrN2S. The highest BCUT2D eigenvalue weighted by atomic mass is 79.9. The van der Waals surface area contributed by atoms with Crippen LogP contribution >= 0.6 is 27.3 Å². The van der Waals surface area contributed by atoms with Crippen molar-refractivity contribution in [2.45, 2.75) is 0 Å². The Morgan fingerprint density at radius 3 is 2.93 bits per heavy atom. The van der Waals surface area contributed by atoms with Crippen LogP contribution in [0.3, 0.4) is 0 Å². The van der Waals surface area contributed by atoms with Gasteiger partial charge in [-0.2, -0.15) is 0 Å². The monoisotopic (exact) mass is 268 g/mol. The topological polar surface area (TPSA) is 24.9 Å². The lowest BCUT2D eigenvalue weighted by Gasteiger charge is -1.96. The molecule has 0 aliphatic rings. The normalized spacial score (nSPS) is 10.1. The number of halogens is 1. The Balaban J connectivity index is 2.39. The highest BCUT2D eigenvalue weighted by Crippen LogP contribution is 2.26. The van der Waals surface area contributed by atoms with E-state index in [1.54, 1.807) is 11.3 Å². The molecule has 0 bridgehead atoms. The first-order valence-electron chi connectivity index (χ1n) is 4.19. The van der Waals surface area contributed by atoms with E-state index in [0.717, 1.165) is 20.9 Å². The van der Waals surface area contributed by atoms with Gasteiger partial charge in [-0.25, -0.2) is 4.98 Å². The average Bonchev–Trinajstić information content (AvgIpc) is 2.66. The molecule has 0 amide bonds. The molecule has 0 atom stereocenters. The van der Waals surface area contributed by atoms with Crippen molar-refractivity contribution in [1.82, 2.24) is 4.98 Å². The number of benzene rings is 1. The molecular weight excluding hydrogens is 260 g/mol. The summed E-state index contributed by atoms with van der Waals surface area (Å²) in [5.41, 5.74) is 2.15. The van der Waals surface area contributed by atoms with Gasteiger partial charge in [-0.1, -0.05) is 28.1 Å². The SMILES string of the molecule is CNc1nc(-c2cccc(Br)c2)cs1. The maximum absolute atomic E-state index is 4.43. The Morgan fingerprint density at radius 1 is 1.43 bits per heavy atom. The zero-order valence-corrected chi connectivity index (χ0v) is 10.0. The molecule has 0 saturated carbocycles. The van der Waals surface area contributed by atoms with Crippen LogP contribution in [-0.2, 0) is 0 Å². The van der Waals surface area contributed by atoms with E-state index in [1.807, 2.05) is 24.6 Å². The number of nitrogens with one attached hydrogen (secondary N) is 1. The van der Waals surface area contributed by atoms with Gasteiger partial charge in [0.1, 0.15) is 0 Å². The standard InChI is InChI=1S/C10H9BrN2S/c1-12-10-13-9(6-14-10)7-3-2-4-8(11)5-7/h2-6H,1H3,(H,12,13). The van der Waals surface area contributed by atoms with Crippen LogP contribution in [0.25, 0.3) is 11.3 Å². The van der Waals surface area contributed by atoms with Gasteiger partial charge in [0.25, 0.3) is 0 Å². The van der Waals surface area contributed by atoms with Gasteiger partial charge >= 0.3 is 0 Å². The van der Waals surface area contributed by atoms with Crippen molar-refractivity contribution >= 4 is 32.4 Å². The Hall–Kier alpha value is -0.870. The number of rotatable bonds is 2. The van der Waals surface area contributed by atoms with Crippen LogP contribution in [0.5, 0.6) is 0 Å². The molecule has 2 aromatic rings. The van der Waals surface area contributed by atoms with Crippen molar-refractivity contribution in [3.8, 4) is 11.3 Å². The molecule has 0 radical (unpaired) electrons. The van der Waals surface area contributed by atoms with E-state index < -0.39 is 0 Å². The van der Waals surface area contributed by atoms with E-state index in [1.165, 1.54) is 0 Å². The van der Waals surface area contributed by atoms with E-state index in [9.17, 15) is 0 Å². The molecule has 1 heterocycles. The van der Waals surface area contributed by atoms with Crippen molar-refractivity contribution in [3.05, 3.63) is 34.1 Å². The molecule has 14 heavy (non-hydrogen) atoms. The number of thiazole rings is 1. The van der Waals surface area contributed by atoms with Gasteiger partial charge in [0.15, 0.2) is 5.13 Å². The third kappa shape index (κ3) is 1.96. The van der Waals surface area contributed by atoms with Gasteiger partial charge in [0.05, 0.1) is 5.69 Å². The molecule has 2 rings (SSSR count). The first-order chi connectivity index (χ1) is 6.79. The zero-order valence-electron chi connectivity index (χ0n) is 7.62. The molecule has 0 aliphatic carbocycles. The van der Waals surface area contributed by atoms with Gasteiger partial charge in [-0.3, -0.25) is 0 Å². The molecule has 72 valence electrons. The average molecular weight is 269 g/mol. The predicted octanol–water partition coefficient (Wildman–Crippen LogP) is 3.61. The Labute approximate surface area is 95.1 Å². The van der Waals surface area contributed by atoms with Crippen LogP contribution in [0.15, 0.2) is 34.1 Å². The summed E-state index contributed by atoms with van der Waals surface area (Å²) in [4.78, 5) is 4.43. The lowest BCUT2D eigenvalue weighted by atomic mass is 10.2. The number of hydrogen-bond acceptors (Lipinski definition) is 3. The molecule has 1 aromatic heterocycles. The quantitative estimate of drug-likeness (QED) is 0.900. The number of aromatic nitrogens is 1. The zero-order chi connectivity index (χ0) is 9.97. The van der Waals surface area contributed by atoms with Gasteiger partial charge in [0, 0.05) is 22.5 Å². The first-order valence-corrected chi connectivity index (χ1v) is 5.86. The second-order valence-electron chi connectivity index (χ2n) is 2.80. The minimum Gasteiger partial charge on any atom is -0.365 e. The number of anilines is 1. The Morgan fingerprint density at radius 2 is 2.29 bits per heavy atom. The van der Waals surface area contributed by atoms with Crippen molar-refractivity contribution < 1.29 is 0 Å².